The molecule has 0 aromatic heterocycles. The molecular weight excluding hydrogens is 136 g/mol. The molecule has 52 valence electrons. The van der Waals surface area contributed by atoms with E-state index >= 15 is 0 Å². The minimum Gasteiger partial charge on any atom is -0.229 e. The molecule has 1 aliphatic rings. The normalized spacial score (nSPS) is 25.2. The van der Waals surface area contributed by atoms with Crippen molar-refractivity contribution < 1.29 is 8.42 Å². The van der Waals surface area contributed by atoms with Crippen molar-refractivity contribution in [1.82, 2.24) is 0 Å². The molecule has 0 atom stereocenters. The van der Waals surface area contributed by atoms with E-state index in [-0.39, 0.29) is 5.75 Å². The highest BCUT2D eigenvalue weighted by atomic mass is 32.2. The Bertz CT molecular complexity index is 223. The van der Waals surface area contributed by atoms with Crippen molar-refractivity contribution in [2.24, 2.45) is 0 Å². The largest absolute Gasteiger partial charge is 0.229 e. The van der Waals surface area contributed by atoms with Crippen LogP contribution in [0.1, 0.15) is 13.3 Å². The zero-order valence-electron chi connectivity index (χ0n) is 5.42. The summed E-state index contributed by atoms with van der Waals surface area (Å²) in [4.78, 5) is 0. The zero-order valence-corrected chi connectivity index (χ0v) is 6.24. The molecule has 0 spiro atoms. The fourth-order valence-electron chi connectivity index (χ4n) is 0.771. The molecule has 1 aliphatic heterocycles. The number of allylic oxidation sites excluding steroid dienone is 1. The van der Waals surface area contributed by atoms with Crippen LogP contribution in [-0.2, 0) is 9.84 Å². The predicted octanol–water partition coefficient (Wildman–Crippen LogP) is 0.751. The summed E-state index contributed by atoms with van der Waals surface area (Å²) in [6, 6.07) is 0. The molecule has 0 N–H and O–H groups in total. The van der Waals surface area contributed by atoms with Crippen LogP contribution in [0.2, 0.25) is 0 Å². The van der Waals surface area contributed by atoms with Crippen LogP contribution in [0.4, 0.5) is 0 Å². The van der Waals surface area contributed by atoms with Gasteiger partial charge in [0.1, 0.15) is 0 Å². The van der Waals surface area contributed by atoms with E-state index in [1.54, 1.807) is 6.08 Å². The molecule has 0 saturated heterocycles. The van der Waals surface area contributed by atoms with Crippen molar-refractivity contribution in [3.63, 3.8) is 0 Å². The molecule has 0 aromatic carbocycles. The number of sulfone groups is 1. The lowest BCUT2D eigenvalue weighted by Crippen LogP contribution is -2.14. The zero-order chi connectivity index (χ0) is 6.91. The third-order valence-electron chi connectivity index (χ3n) is 1.49. The van der Waals surface area contributed by atoms with Gasteiger partial charge in [-0.2, -0.15) is 0 Å². The molecule has 0 unspecified atom stereocenters. The summed E-state index contributed by atoms with van der Waals surface area (Å²) < 4.78 is 21.5. The quantitative estimate of drug-likeness (QED) is 0.473. The topological polar surface area (TPSA) is 34.1 Å². The van der Waals surface area contributed by atoms with Gasteiger partial charge < -0.3 is 0 Å². The van der Waals surface area contributed by atoms with E-state index in [1.165, 1.54) is 5.57 Å². The van der Waals surface area contributed by atoms with Gasteiger partial charge in [0.25, 0.3) is 0 Å². The Balaban J connectivity index is 2.79. The van der Waals surface area contributed by atoms with Crippen LogP contribution < -0.4 is 0 Å². The van der Waals surface area contributed by atoms with E-state index in [1.807, 2.05) is 6.92 Å². The van der Waals surface area contributed by atoms with Crippen LogP contribution in [-0.4, -0.2) is 19.9 Å². The van der Waals surface area contributed by atoms with Crippen molar-refractivity contribution >= 4 is 9.84 Å². The van der Waals surface area contributed by atoms with Crippen LogP contribution in [0, 0.1) is 0 Å². The number of hydrogen-bond acceptors (Lipinski definition) is 2. The van der Waals surface area contributed by atoms with E-state index in [0.29, 0.717) is 5.75 Å². The Hall–Kier alpha value is -0.310. The third kappa shape index (κ3) is 1.82. The molecule has 1 heterocycles. The molecule has 0 aromatic rings. The predicted molar refractivity (Wildman–Crippen MR) is 37.0 cm³/mol. The van der Waals surface area contributed by atoms with Gasteiger partial charge in [0.15, 0.2) is 9.84 Å². The Morgan fingerprint density at radius 2 is 2.22 bits per heavy atom. The van der Waals surface area contributed by atoms with E-state index < -0.39 is 9.84 Å². The van der Waals surface area contributed by atoms with Gasteiger partial charge in [0.2, 0.25) is 0 Å². The first-order chi connectivity index (χ1) is 4.10. The Morgan fingerprint density at radius 1 is 1.56 bits per heavy atom. The lowest BCUT2D eigenvalue weighted by molar-refractivity contribution is 0.596. The lowest BCUT2D eigenvalue weighted by atomic mass is 10.2. The Morgan fingerprint density at radius 3 is 2.56 bits per heavy atom. The number of hydrogen-bond donors (Lipinski definition) is 0. The van der Waals surface area contributed by atoms with E-state index in [0.717, 1.165) is 6.42 Å². The second-order valence-electron chi connectivity index (χ2n) is 2.41. The summed E-state index contributed by atoms with van der Waals surface area (Å²) in [6.07, 6.45) is 2.52. The molecule has 2 nitrogen and oxygen atoms in total. The summed E-state index contributed by atoms with van der Waals surface area (Å²) in [5, 5.41) is 0. The van der Waals surface area contributed by atoms with Crippen LogP contribution in [0.25, 0.3) is 0 Å². The van der Waals surface area contributed by atoms with Gasteiger partial charge in [-0.3, -0.25) is 0 Å². The Labute approximate surface area is 55.5 Å². The SMILES string of the molecule is CC1=CCS(=O)(=O)CC1. The minimum atomic E-state index is -2.69. The van der Waals surface area contributed by atoms with E-state index in [2.05, 4.69) is 0 Å². The van der Waals surface area contributed by atoms with Crippen LogP contribution in [0.3, 0.4) is 0 Å². The molecule has 0 fully saturated rings. The fraction of sp³-hybridized carbons (Fsp3) is 0.667. The molecule has 0 amide bonds. The van der Waals surface area contributed by atoms with Gasteiger partial charge in [-0.1, -0.05) is 11.6 Å². The maximum Gasteiger partial charge on any atom is 0.154 e. The maximum absolute atomic E-state index is 10.8. The first kappa shape index (κ1) is 6.81. The van der Waals surface area contributed by atoms with Gasteiger partial charge in [0, 0.05) is 0 Å². The molecule has 0 radical (unpaired) electrons. The van der Waals surface area contributed by atoms with E-state index in [9.17, 15) is 8.42 Å². The highest BCUT2D eigenvalue weighted by Gasteiger charge is 2.13. The maximum atomic E-state index is 10.8. The molecule has 9 heavy (non-hydrogen) atoms. The number of rotatable bonds is 0. The monoisotopic (exact) mass is 146 g/mol. The third-order valence-corrected chi connectivity index (χ3v) is 2.99. The first-order valence-corrected chi connectivity index (χ1v) is 4.78. The van der Waals surface area contributed by atoms with Crippen LogP contribution >= 0.6 is 0 Å². The average Bonchev–Trinajstić information content (AvgIpc) is 1.78. The highest BCUT2D eigenvalue weighted by Crippen LogP contribution is 2.10. The highest BCUT2D eigenvalue weighted by molar-refractivity contribution is 7.91. The Kier molecular flexibility index (Phi) is 1.62. The van der Waals surface area contributed by atoms with Crippen molar-refractivity contribution in [1.29, 1.82) is 0 Å². The molecule has 1 rings (SSSR count). The van der Waals surface area contributed by atoms with Crippen molar-refractivity contribution in [3.8, 4) is 0 Å². The van der Waals surface area contributed by atoms with Crippen molar-refractivity contribution in [3.05, 3.63) is 11.6 Å². The lowest BCUT2D eigenvalue weighted by Gasteiger charge is -2.07. The summed E-state index contributed by atoms with van der Waals surface area (Å²) in [5.41, 5.74) is 1.20. The molecule has 0 aliphatic carbocycles. The van der Waals surface area contributed by atoms with Gasteiger partial charge in [-0.15, -0.1) is 0 Å². The molecule has 0 saturated carbocycles. The van der Waals surface area contributed by atoms with Crippen LogP contribution in [0.15, 0.2) is 11.6 Å². The first-order valence-electron chi connectivity index (χ1n) is 2.96. The van der Waals surface area contributed by atoms with E-state index in [4.69, 9.17) is 0 Å². The minimum absolute atomic E-state index is 0.249. The average molecular weight is 146 g/mol. The fourth-order valence-corrected chi connectivity index (χ4v) is 2.11. The smallest absolute Gasteiger partial charge is 0.154 e. The molecular formula is C6H10O2S. The van der Waals surface area contributed by atoms with Crippen molar-refractivity contribution in [2.45, 2.75) is 13.3 Å². The summed E-state index contributed by atoms with van der Waals surface area (Å²) in [6.45, 7) is 1.97. The summed E-state index contributed by atoms with van der Waals surface area (Å²) in [5.74, 6) is 0.591. The van der Waals surface area contributed by atoms with Gasteiger partial charge in [-0.25, -0.2) is 8.42 Å². The second-order valence-corrected chi connectivity index (χ2v) is 4.64. The van der Waals surface area contributed by atoms with Gasteiger partial charge in [-0.05, 0) is 13.3 Å². The summed E-state index contributed by atoms with van der Waals surface area (Å²) >= 11 is 0. The molecule has 3 heteroatoms. The second kappa shape index (κ2) is 2.14. The van der Waals surface area contributed by atoms with Gasteiger partial charge in [0.05, 0.1) is 11.5 Å². The summed E-state index contributed by atoms with van der Waals surface area (Å²) in [7, 11) is -2.69. The standard InChI is InChI=1S/C6H10O2S/c1-6-2-4-9(7,8)5-3-6/h2H,3-5H2,1H3. The van der Waals surface area contributed by atoms with Crippen molar-refractivity contribution in [2.75, 3.05) is 11.5 Å². The van der Waals surface area contributed by atoms with Crippen LogP contribution in [0.5, 0.6) is 0 Å². The molecule has 0 bridgehead atoms. The van der Waals surface area contributed by atoms with Gasteiger partial charge >= 0.3 is 0 Å².